The van der Waals surface area contributed by atoms with Crippen LogP contribution in [0.1, 0.15) is 19.3 Å². The summed E-state index contributed by atoms with van der Waals surface area (Å²) in [6.45, 7) is 1.68. The van der Waals surface area contributed by atoms with E-state index in [1.165, 1.54) is 0 Å². The van der Waals surface area contributed by atoms with Crippen LogP contribution < -0.4 is 16.0 Å². The number of carboxylic acid groups (broad SMARTS) is 1. The predicted octanol–water partition coefficient (Wildman–Crippen LogP) is 1.56. The summed E-state index contributed by atoms with van der Waals surface area (Å²) in [6, 6.07) is 5.48. The quantitative estimate of drug-likeness (QED) is 0.489. The molecule has 27 heavy (non-hydrogen) atoms. The van der Waals surface area contributed by atoms with Crippen LogP contribution in [0.4, 0.5) is 5.82 Å². The Morgan fingerprint density at radius 1 is 1.26 bits per heavy atom. The van der Waals surface area contributed by atoms with E-state index in [0.717, 1.165) is 24.4 Å². The third-order valence-corrected chi connectivity index (χ3v) is 5.03. The SMILES string of the molecule is O=C(O)CC1C=CC=C2NC(C(=O)CNCCNc3ccccn3)CCC21. The number of carboxylic acids is 1. The minimum absolute atomic E-state index is 0.00171. The van der Waals surface area contributed by atoms with E-state index in [1.54, 1.807) is 6.20 Å². The molecule has 0 bridgehead atoms. The molecule has 7 nitrogen and oxygen atoms in total. The number of Topliss-reactive ketones (excluding diaryl/α,β-unsaturated/α-hetero) is 1. The molecular weight excluding hydrogens is 344 g/mol. The molecule has 144 valence electrons. The molecule has 3 rings (SSSR count). The summed E-state index contributed by atoms with van der Waals surface area (Å²) in [4.78, 5) is 27.7. The monoisotopic (exact) mass is 370 g/mol. The Balaban J connectivity index is 1.39. The highest BCUT2D eigenvalue weighted by Crippen LogP contribution is 2.35. The van der Waals surface area contributed by atoms with E-state index in [4.69, 9.17) is 5.11 Å². The standard InChI is InChI=1S/C20H26N4O3/c25-18(13-21-10-11-23-19-6-1-2-9-22-19)17-8-7-15-14(12-20(26)27)4-3-5-16(15)24-17/h1-6,9,14-15,17,21,24H,7-8,10-13H2,(H,22,23)(H,26,27). The molecule has 0 amide bonds. The fourth-order valence-electron chi connectivity index (χ4n) is 3.67. The smallest absolute Gasteiger partial charge is 0.303 e. The molecule has 2 heterocycles. The summed E-state index contributed by atoms with van der Waals surface area (Å²) >= 11 is 0. The topological polar surface area (TPSA) is 103 Å². The van der Waals surface area contributed by atoms with Gasteiger partial charge in [0.15, 0.2) is 5.78 Å². The Bertz CT molecular complexity index is 717. The second kappa shape index (κ2) is 9.32. The van der Waals surface area contributed by atoms with Crippen molar-refractivity contribution >= 4 is 17.6 Å². The first-order chi connectivity index (χ1) is 13.1. The number of aliphatic carboxylic acids is 1. The summed E-state index contributed by atoms with van der Waals surface area (Å²) in [5.41, 5.74) is 0.991. The van der Waals surface area contributed by atoms with Gasteiger partial charge >= 0.3 is 5.97 Å². The molecule has 0 aromatic carbocycles. The molecule has 7 heteroatoms. The van der Waals surface area contributed by atoms with Gasteiger partial charge in [-0.2, -0.15) is 0 Å². The number of nitrogens with one attached hydrogen (secondary N) is 3. The van der Waals surface area contributed by atoms with Gasteiger partial charge in [-0.1, -0.05) is 18.2 Å². The van der Waals surface area contributed by atoms with Crippen LogP contribution in [0.5, 0.6) is 0 Å². The molecule has 1 aliphatic carbocycles. The van der Waals surface area contributed by atoms with Crippen molar-refractivity contribution < 1.29 is 14.7 Å². The first kappa shape index (κ1) is 19.1. The molecule has 0 saturated carbocycles. The van der Waals surface area contributed by atoms with E-state index in [9.17, 15) is 9.59 Å². The molecule has 3 unspecified atom stereocenters. The van der Waals surface area contributed by atoms with Gasteiger partial charge in [-0.3, -0.25) is 9.59 Å². The van der Waals surface area contributed by atoms with Gasteiger partial charge in [-0.25, -0.2) is 4.98 Å². The maximum absolute atomic E-state index is 12.5. The fourth-order valence-corrected chi connectivity index (χ4v) is 3.67. The van der Waals surface area contributed by atoms with Gasteiger partial charge in [0, 0.05) is 30.9 Å². The van der Waals surface area contributed by atoms with Crippen LogP contribution in [-0.2, 0) is 9.59 Å². The van der Waals surface area contributed by atoms with Crippen molar-refractivity contribution in [2.75, 3.05) is 25.0 Å². The van der Waals surface area contributed by atoms with E-state index >= 15 is 0 Å². The number of hydrogen-bond acceptors (Lipinski definition) is 6. The Hall–Kier alpha value is -2.67. The zero-order valence-corrected chi connectivity index (χ0v) is 15.2. The Kier molecular flexibility index (Phi) is 6.59. The number of nitrogens with zero attached hydrogens (tertiary/aromatic N) is 1. The Labute approximate surface area is 159 Å². The van der Waals surface area contributed by atoms with Gasteiger partial charge in [0.25, 0.3) is 0 Å². The van der Waals surface area contributed by atoms with Crippen LogP contribution in [0.2, 0.25) is 0 Å². The number of carbonyl (C=O) groups excluding carboxylic acids is 1. The average molecular weight is 370 g/mol. The van der Waals surface area contributed by atoms with E-state index in [2.05, 4.69) is 20.9 Å². The highest BCUT2D eigenvalue weighted by atomic mass is 16.4. The van der Waals surface area contributed by atoms with Crippen molar-refractivity contribution in [1.29, 1.82) is 0 Å². The number of aromatic nitrogens is 1. The summed E-state index contributed by atoms with van der Waals surface area (Å²) < 4.78 is 0. The van der Waals surface area contributed by atoms with Gasteiger partial charge in [0.2, 0.25) is 0 Å². The first-order valence-corrected chi connectivity index (χ1v) is 9.38. The lowest BCUT2D eigenvalue weighted by Gasteiger charge is -2.37. The van der Waals surface area contributed by atoms with Crippen molar-refractivity contribution in [3.05, 3.63) is 48.3 Å². The molecule has 4 N–H and O–H groups in total. The molecule has 0 spiro atoms. The molecule has 1 saturated heterocycles. The number of pyridine rings is 1. The summed E-state index contributed by atoms with van der Waals surface area (Å²) in [5.74, 6) is 0.343. The first-order valence-electron chi connectivity index (χ1n) is 9.38. The lowest BCUT2D eigenvalue weighted by molar-refractivity contribution is -0.138. The van der Waals surface area contributed by atoms with Gasteiger partial charge < -0.3 is 21.1 Å². The zero-order chi connectivity index (χ0) is 19.1. The fraction of sp³-hybridized carbons (Fsp3) is 0.450. The molecule has 1 aliphatic heterocycles. The van der Waals surface area contributed by atoms with Gasteiger partial charge in [0.1, 0.15) is 5.82 Å². The largest absolute Gasteiger partial charge is 0.481 e. The van der Waals surface area contributed by atoms with Gasteiger partial charge in [-0.05, 0) is 37.0 Å². The van der Waals surface area contributed by atoms with Crippen molar-refractivity contribution in [1.82, 2.24) is 15.6 Å². The zero-order valence-electron chi connectivity index (χ0n) is 15.2. The number of allylic oxidation sites excluding steroid dienone is 4. The Morgan fingerprint density at radius 2 is 2.15 bits per heavy atom. The minimum atomic E-state index is -0.785. The summed E-state index contributed by atoms with van der Waals surface area (Å²) in [5, 5.41) is 18.8. The summed E-state index contributed by atoms with van der Waals surface area (Å²) in [7, 11) is 0. The molecule has 2 aliphatic rings. The number of rotatable bonds is 9. The number of ketones is 1. The highest BCUT2D eigenvalue weighted by Gasteiger charge is 2.34. The number of carbonyl (C=O) groups is 2. The van der Waals surface area contributed by atoms with Crippen LogP contribution in [0.25, 0.3) is 0 Å². The van der Waals surface area contributed by atoms with Crippen LogP contribution in [-0.4, -0.2) is 47.5 Å². The Morgan fingerprint density at radius 3 is 2.93 bits per heavy atom. The molecule has 3 atom stereocenters. The van der Waals surface area contributed by atoms with E-state index in [0.29, 0.717) is 19.6 Å². The normalized spacial score (nSPS) is 23.7. The van der Waals surface area contributed by atoms with Crippen LogP contribution >= 0.6 is 0 Å². The molecule has 0 radical (unpaired) electrons. The van der Waals surface area contributed by atoms with E-state index < -0.39 is 5.97 Å². The second-order valence-electron chi connectivity index (χ2n) is 6.93. The number of fused-ring (bicyclic) bond motifs is 1. The van der Waals surface area contributed by atoms with Gasteiger partial charge in [0.05, 0.1) is 19.0 Å². The molecule has 1 aromatic rings. The van der Waals surface area contributed by atoms with Crippen molar-refractivity contribution in [3.8, 4) is 0 Å². The number of anilines is 1. The number of piperidine rings is 1. The second-order valence-corrected chi connectivity index (χ2v) is 6.93. The van der Waals surface area contributed by atoms with Crippen LogP contribution in [0, 0.1) is 11.8 Å². The lowest BCUT2D eigenvalue weighted by atomic mass is 9.77. The summed E-state index contributed by atoms with van der Waals surface area (Å²) in [6.07, 6.45) is 9.24. The van der Waals surface area contributed by atoms with E-state index in [1.807, 2.05) is 36.4 Å². The third kappa shape index (κ3) is 5.40. The van der Waals surface area contributed by atoms with Gasteiger partial charge in [-0.15, -0.1) is 0 Å². The molecule has 1 aromatic heterocycles. The van der Waals surface area contributed by atoms with Crippen LogP contribution in [0.3, 0.4) is 0 Å². The predicted molar refractivity (Wildman–Crippen MR) is 103 cm³/mol. The minimum Gasteiger partial charge on any atom is -0.481 e. The third-order valence-electron chi connectivity index (χ3n) is 5.03. The van der Waals surface area contributed by atoms with Crippen molar-refractivity contribution in [2.45, 2.75) is 25.3 Å². The molecular formula is C20H26N4O3. The maximum Gasteiger partial charge on any atom is 0.303 e. The maximum atomic E-state index is 12.5. The van der Waals surface area contributed by atoms with Crippen molar-refractivity contribution in [3.63, 3.8) is 0 Å². The highest BCUT2D eigenvalue weighted by molar-refractivity contribution is 5.86. The number of hydrogen-bond donors (Lipinski definition) is 4. The lowest BCUT2D eigenvalue weighted by Crippen LogP contribution is -2.47. The van der Waals surface area contributed by atoms with Crippen LogP contribution in [0.15, 0.2) is 48.3 Å². The van der Waals surface area contributed by atoms with Crippen molar-refractivity contribution in [2.24, 2.45) is 11.8 Å². The average Bonchev–Trinajstić information content (AvgIpc) is 2.68. The molecule has 1 fully saturated rings. The van der Waals surface area contributed by atoms with E-state index in [-0.39, 0.29) is 30.1 Å².